The number of halogens is 4. The highest BCUT2D eigenvalue weighted by molar-refractivity contribution is 9.10. The largest absolute Gasteiger partial charge is 0.324 e. The first kappa shape index (κ1) is 19.1. The fraction of sp³-hybridized carbons (Fsp3) is 0.167. The number of hydrogen-bond donors (Lipinski definition) is 1. The average Bonchev–Trinajstić information content (AvgIpc) is 2.86. The van der Waals surface area contributed by atoms with Crippen molar-refractivity contribution in [2.45, 2.75) is 12.8 Å². The monoisotopic (exact) mass is 440 g/mol. The predicted molar refractivity (Wildman–Crippen MR) is 93.7 cm³/mol. The van der Waals surface area contributed by atoms with Gasteiger partial charge in [-0.1, -0.05) is 15.9 Å². The van der Waals surface area contributed by atoms with Gasteiger partial charge in [0.25, 0.3) is 11.8 Å². The van der Waals surface area contributed by atoms with Gasteiger partial charge in [-0.15, -0.1) is 0 Å². The van der Waals surface area contributed by atoms with Crippen LogP contribution < -0.4 is 5.32 Å². The maximum atomic E-state index is 13.5. The van der Waals surface area contributed by atoms with Crippen molar-refractivity contribution in [1.29, 1.82) is 0 Å². The molecular weight excluding hydrogens is 429 g/mol. The summed E-state index contributed by atoms with van der Waals surface area (Å²) in [5.74, 6) is -6.08. The van der Waals surface area contributed by atoms with Gasteiger partial charge in [0.1, 0.15) is 0 Å². The van der Waals surface area contributed by atoms with E-state index >= 15 is 0 Å². The van der Waals surface area contributed by atoms with E-state index in [1.165, 1.54) is 6.07 Å². The molecule has 0 bridgehead atoms. The lowest BCUT2D eigenvalue weighted by Crippen LogP contribution is -2.31. The normalized spacial score (nSPS) is 13.1. The van der Waals surface area contributed by atoms with E-state index < -0.39 is 40.9 Å². The minimum absolute atomic E-state index is 0.00233. The van der Waals surface area contributed by atoms with Crippen LogP contribution in [0.2, 0.25) is 0 Å². The number of hydrogen-bond acceptors (Lipinski definition) is 3. The Morgan fingerprint density at radius 2 is 1.70 bits per heavy atom. The van der Waals surface area contributed by atoms with Crippen molar-refractivity contribution >= 4 is 39.3 Å². The lowest BCUT2D eigenvalue weighted by Gasteiger charge is -2.13. The molecule has 2 aromatic carbocycles. The van der Waals surface area contributed by atoms with E-state index in [4.69, 9.17) is 0 Å². The summed E-state index contributed by atoms with van der Waals surface area (Å²) >= 11 is 3.24. The SMILES string of the molecule is O=C(CCCN1C(=O)c2ccc(Br)cc2C1=O)Nc1ccc(F)c(F)c1F. The van der Waals surface area contributed by atoms with Gasteiger partial charge in [0, 0.05) is 17.4 Å². The van der Waals surface area contributed by atoms with Gasteiger partial charge >= 0.3 is 0 Å². The maximum Gasteiger partial charge on any atom is 0.261 e. The Kier molecular flexibility index (Phi) is 5.31. The van der Waals surface area contributed by atoms with Crippen molar-refractivity contribution in [3.63, 3.8) is 0 Å². The molecule has 0 unspecified atom stereocenters. The van der Waals surface area contributed by atoms with Crippen LogP contribution in [0.4, 0.5) is 18.9 Å². The van der Waals surface area contributed by atoms with E-state index in [0.717, 1.165) is 11.0 Å². The summed E-state index contributed by atoms with van der Waals surface area (Å²) in [7, 11) is 0. The van der Waals surface area contributed by atoms with E-state index in [2.05, 4.69) is 21.2 Å². The zero-order chi connectivity index (χ0) is 19.7. The number of rotatable bonds is 5. The van der Waals surface area contributed by atoms with E-state index in [9.17, 15) is 27.6 Å². The number of anilines is 1. The molecule has 0 fully saturated rings. The number of nitrogens with zero attached hydrogens (tertiary/aromatic N) is 1. The lowest BCUT2D eigenvalue weighted by molar-refractivity contribution is -0.116. The summed E-state index contributed by atoms with van der Waals surface area (Å²) in [5, 5.41) is 2.14. The molecule has 1 N–H and O–H groups in total. The van der Waals surface area contributed by atoms with Crippen molar-refractivity contribution in [3.8, 4) is 0 Å². The molecule has 1 heterocycles. The van der Waals surface area contributed by atoms with Crippen LogP contribution in [0.3, 0.4) is 0 Å². The molecule has 0 saturated carbocycles. The van der Waals surface area contributed by atoms with Gasteiger partial charge in [0.15, 0.2) is 17.5 Å². The summed E-state index contributed by atoms with van der Waals surface area (Å²) < 4.78 is 40.2. The van der Waals surface area contributed by atoms with Crippen molar-refractivity contribution in [1.82, 2.24) is 4.90 Å². The Hall–Kier alpha value is -2.68. The lowest BCUT2D eigenvalue weighted by atomic mass is 10.1. The Balaban J connectivity index is 1.58. The molecule has 0 spiro atoms. The molecule has 140 valence electrons. The average molecular weight is 441 g/mol. The molecule has 3 amide bonds. The van der Waals surface area contributed by atoms with Gasteiger partial charge in [-0.2, -0.15) is 0 Å². The van der Waals surface area contributed by atoms with Crippen LogP contribution in [0.15, 0.2) is 34.8 Å². The van der Waals surface area contributed by atoms with Gasteiger partial charge < -0.3 is 5.32 Å². The molecule has 0 atom stereocenters. The number of benzene rings is 2. The van der Waals surface area contributed by atoms with Crippen LogP contribution in [0.5, 0.6) is 0 Å². The van der Waals surface area contributed by atoms with E-state index in [-0.39, 0.29) is 30.5 Å². The van der Waals surface area contributed by atoms with Crippen LogP contribution in [0, 0.1) is 17.5 Å². The second-order valence-corrected chi connectivity index (χ2v) is 6.74. The number of imide groups is 1. The zero-order valence-corrected chi connectivity index (χ0v) is 15.3. The molecule has 0 aliphatic carbocycles. The van der Waals surface area contributed by atoms with Crippen molar-refractivity contribution in [2.75, 3.05) is 11.9 Å². The molecule has 0 radical (unpaired) electrons. The fourth-order valence-electron chi connectivity index (χ4n) is 2.70. The third kappa shape index (κ3) is 3.73. The molecule has 0 aromatic heterocycles. The summed E-state index contributed by atoms with van der Waals surface area (Å²) in [6.45, 7) is -0.00233. The summed E-state index contributed by atoms with van der Waals surface area (Å²) in [4.78, 5) is 37.5. The second-order valence-electron chi connectivity index (χ2n) is 5.83. The Morgan fingerprint density at radius 3 is 2.44 bits per heavy atom. The first-order valence-corrected chi connectivity index (χ1v) is 8.68. The van der Waals surface area contributed by atoms with Crippen LogP contribution in [0.25, 0.3) is 0 Å². The van der Waals surface area contributed by atoms with Crippen molar-refractivity contribution in [2.24, 2.45) is 0 Å². The van der Waals surface area contributed by atoms with Crippen molar-refractivity contribution < 1.29 is 27.6 Å². The van der Waals surface area contributed by atoms with Gasteiger partial charge in [0.2, 0.25) is 5.91 Å². The smallest absolute Gasteiger partial charge is 0.261 e. The summed E-state index contributed by atoms with van der Waals surface area (Å²) in [5.41, 5.74) is 0.0867. The molecule has 1 aliphatic rings. The van der Waals surface area contributed by atoms with Crippen LogP contribution in [0.1, 0.15) is 33.6 Å². The quantitative estimate of drug-likeness (QED) is 0.566. The third-order valence-electron chi connectivity index (χ3n) is 4.03. The van der Waals surface area contributed by atoms with Gasteiger partial charge in [-0.25, -0.2) is 13.2 Å². The predicted octanol–water partition coefficient (Wildman–Crippen LogP) is 3.88. The number of nitrogens with one attached hydrogen (secondary N) is 1. The number of carbonyl (C=O) groups excluding carboxylic acids is 3. The molecule has 2 aromatic rings. The highest BCUT2D eigenvalue weighted by Gasteiger charge is 2.35. The minimum atomic E-state index is -1.68. The molecule has 3 rings (SSSR count). The Morgan fingerprint density at radius 1 is 1.00 bits per heavy atom. The zero-order valence-electron chi connectivity index (χ0n) is 13.7. The standard InChI is InChI=1S/C18H12BrF3N2O3/c19-9-3-4-10-11(8-9)18(27)24(17(10)26)7-1-2-14(25)23-13-6-5-12(20)15(21)16(13)22/h3-6,8H,1-2,7H2,(H,23,25). The van der Waals surface area contributed by atoms with Gasteiger partial charge in [-0.3, -0.25) is 19.3 Å². The van der Waals surface area contributed by atoms with Gasteiger partial charge in [0.05, 0.1) is 16.8 Å². The topological polar surface area (TPSA) is 66.5 Å². The van der Waals surface area contributed by atoms with E-state index in [0.29, 0.717) is 10.5 Å². The minimum Gasteiger partial charge on any atom is -0.324 e. The molecule has 9 heteroatoms. The molecule has 0 saturated heterocycles. The fourth-order valence-corrected chi connectivity index (χ4v) is 3.06. The van der Waals surface area contributed by atoms with E-state index in [1.807, 2.05) is 0 Å². The highest BCUT2D eigenvalue weighted by Crippen LogP contribution is 2.26. The third-order valence-corrected chi connectivity index (χ3v) is 4.52. The number of fused-ring (bicyclic) bond motifs is 1. The summed E-state index contributed by atoms with van der Waals surface area (Å²) in [6.07, 6.45) is -0.0146. The first-order chi connectivity index (χ1) is 12.8. The Bertz CT molecular complexity index is 965. The molecule has 27 heavy (non-hydrogen) atoms. The molecule has 1 aliphatic heterocycles. The Labute approximate surface area is 160 Å². The molecule has 5 nitrogen and oxygen atoms in total. The van der Waals surface area contributed by atoms with Crippen LogP contribution in [-0.4, -0.2) is 29.2 Å². The van der Waals surface area contributed by atoms with Crippen LogP contribution in [-0.2, 0) is 4.79 Å². The highest BCUT2D eigenvalue weighted by atomic mass is 79.9. The molecular formula is C18H12BrF3N2O3. The maximum absolute atomic E-state index is 13.5. The van der Waals surface area contributed by atoms with E-state index in [1.54, 1.807) is 12.1 Å². The van der Waals surface area contributed by atoms with Crippen molar-refractivity contribution in [3.05, 3.63) is 63.4 Å². The van der Waals surface area contributed by atoms with Gasteiger partial charge in [-0.05, 0) is 36.8 Å². The first-order valence-electron chi connectivity index (χ1n) is 7.88. The number of amides is 3. The summed E-state index contributed by atoms with van der Waals surface area (Å²) in [6, 6.07) is 6.35. The number of carbonyl (C=O) groups is 3. The second kappa shape index (κ2) is 7.51. The van der Waals surface area contributed by atoms with Crippen LogP contribution >= 0.6 is 15.9 Å².